The molecule has 0 bridgehead atoms. The molecule has 4 amide bonds. The van der Waals surface area contributed by atoms with Gasteiger partial charge in [0.1, 0.15) is 16.8 Å². The van der Waals surface area contributed by atoms with Crippen molar-refractivity contribution in [2.45, 2.75) is 16.6 Å². The number of benzene rings is 5. The topological polar surface area (TPSA) is 120 Å². The summed E-state index contributed by atoms with van der Waals surface area (Å²) in [5.74, 6) is -1.38. The Kier molecular flexibility index (Phi) is 10.8. The van der Waals surface area contributed by atoms with Crippen LogP contribution in [0.3, 0.4) is 0 Å². The Balaban J connectivity index is 1.21. The molecule has 0 aromatic heterocycles. The molecule has 0 radical (unpaired) electrons. The predicted molar refractivity (Wildman–Crippen MR) is 198 cm³/mol. The summed E-state index contributed by atoms with van der Waals surface area (Å²) in [4.78, 5) is 53.9. The molecule has 9 nitrogen and oxygen atoms in total. The number of rotatable bonds is 10. The third-order valence-electron chi connectivity index (χ3n) is 7.46. The molecular formula is C39H30ClN5O4S. The second kappa shape index (κ2) is 16.0. The van der Waals surface area contributed by atoms with Crippen LogP contribution in [0.25, 0.3) is 6.08 Å². The van der Waals surface area contributed by atoms with Crippen LogP contribution in [0.4, 0.5) is 11.4 Å². The molecule has 3 N–H and O–H groups in total. The number of para-hydroxylation sites is 1. The number of carbonyl (C=O) groups excluding carboxylic acids is 4. The van der Waals surface area contributed by atoms with Crippen LogP contribution in [0.5, 0.6) is 0 Å². The molecule has 5 aromatic rings. The van der Waals surface area contributed by atoms with Gasteiger partial charge in [0.05, 0.1) is 12.1 Å². The highest BCUT2D eigenvalue weighted by molar-refractivity contribution is 8.00. The fraction of sp³-hybridized carbons (Fsp3) is 0.0513. The molecule has 0 saturated carbocycles. The monoisotopic (exact) mass is 699 g/mol. The predicted octanol–water partition coefficient (Wildman–Crippen LogP) is 7.45. The maximum absolute atomic E-state index is 13.8. The first-order valence-corrected chi connectivity index (χ1v) is 16.8. The zero-order valence-corrected chi connectivity index (χ0v) is 28.0. The fourth-order valence-electron chi connectivity index (χ4n) is 5.05. The second-order valence-electron chi connectivity index (χ2n) is 11.0. The molecular weight excluding hydrogens is 670 g/mol. The highest BCUT2D eigenvalue weighted by Crippen LogP contribution is 2.37. The summed E-state index contributed by atoms with van der Waals surface area (Å²) in [5.41, 5.74) is 2.71. The van der Waals surface area contributed by atoms with Gasteiger partial charge in [0.2, 0.25) is 5.91 Å². The number of amides is 4. The standard InChI is InChI=1S/C39H30ClN5O4S/c40-32-22-11-10-17-28(32)23-33(42-37(47)27-15-6-2-7-16-27)38(48)41-29-18-12-21-31(24-29)50-36(26-13-4-1-5-14-26)39(49)43-34-25-35(46)45(44-34)30-19-8-3-9-20-30/h1-24,36H,25H2,(H,41,48)(H,42,47)(H,43,44,49)/b33-23+. The van der Waals surface area contributed by atoms with Crippen molar-refractivity contribution in [3.05, 3.63) is 167 Å². The van der Waals surface area contributed by atoms with Crippen molar-refractivity contribution < 1.29 is 19.2 Å². The summed E-state index contributed by atoms with van der Waals surface area (Å²) in [6.45, 7) is 0. The first-order chi connectivity index (χ1) is 24.3. The number of hydrazone groups is 1. The van der Waals surface area contributed by atoms with E-state index in [1.165, 1.54) is 22.8 Å². The molecule has 0 aliphatic carbocycles. The molecule has 50 heavy (non-hydrogen) atoms. The molecule has 5 aromatic carbocycles. The summed E-state index contributed by atoms with van der Waals surface area (Å²) < 4.78 is 0. The van der Waals surface area contributed by atoms with Crippen LogP contribution in [0.2, 0.25) is 5.02 Å². The lowest BCUT2D eigenvalue weighted by Crippen LogP contribution is -2.33. The van der Waals surface area contributed by atoms with Gasteiger partial charge in [-0.15, -0.1) is 11.8 Å². The Hall–Kier alpha value is -5.97. The third-order valence-corrected chi connectivity index (χ3v) is 9.06. The second-order valence-corrected chi connectivity index (χ2v) is 12.6. The fourth-order valence-corrected chi connectivity index (χ4v) is 6.32. The van der Waals surface area contributed by atoms with Gasteiger partial charge in [-0.3, -0.25) is 19.2 Å². The van der Waals surface area contributed by atoms with Gasteiger partial charge in [0, 0.05) is 21.2 Å². The number of nitrogens with one attached hydrogen (secondary N) is 3. The highest BCUT2D eigenvalue weighted by atomic mass is 35.5. The SMILES string of the molecule is O=C(Nc1cccc(SC(C(=O)NC2=NN(c3ccccc3)C(=O)C2)c2ccccc2)c1)/C(=C\c1ccccc1Cl)NC(=O)c1ccccc1. The summed E-state index contributed by atoms with van der Waals surface area (Å²) in [7, 11) is 0. The maximum Gasteiger partial charge on any atom is 0.272 e. The van der Waals surface area contributed by atoms with Gasteiger partial charge in [-0.1, -0.05) is 103 Å². The molecule has 6 rings (SSSR count). The largest absolute Gasteiger partial charge is 0.321 e. The zero-order chi connectivity index (χ0) is 34.9. The Bertz CT molecular complexity index is 2090. The van der Waals surface area contributed by atoms with Crippen LogP contribution in [0.15, 0.2) is 155 Å². The number of amidine groups is 1. The van der Waals surface area contributed by atoms with E-state index in [0.29, 0.717) is 32.4 Å². The Morgan fingerprint density at radius 1 is 0.780 bits per heavy atom. The van der Waals surface area contributed by atoms with Crippen LogP contribution in [-0.4, -0.2) is 29.5 Å². The molecule has 1 aliphatic rings. The minimum absolute atomic E-state index is 0.0111. The van der Waals surface area contributed by atoms with Gasteiger partial charge >= 0.3 is 0 Å². The maximum atomic E-state index is 13.8. The van der Waals surface area contributed by atoms with E-state index in [0.717, 1.165) is 5.56 Å². The van der Waals surface area contributed by atoms with Crippen LogP contribution in [-0.2, 0) is 14.4 Å². The average molecular weight is 700 g/mol. The average Bonchev–Trinajstić information content (AvgIpc) is 3.51. The number of carbonyl (C=O) groups is 4. The van der Waals surface area contributed by atoms with Gasteiger partial charge in [-0.2, -0.15) is 10.1 Å². The smallest absolute Gasteiger partial charge is 0.272 e. The van der Waals surface area contributed by atoms with Crippen molar-refractivity contribution in [3.63, 3.8) is 0 Å². The molecule has 1 unspecified atom stereocenters. The van der Waals surface area contributed by atoms with E-state index >= 15 is 0 Å². The van der Waals surface area contributed by atoms with Gasteiger partial charge in [0.25, 0.3) is 17.7 Å². The molecule has 11 heteroatoms. The molecule has 0 fully saturated rings. The minimum atomic E-state index is -0.716. The number of nitrogens with zero attached hydrogens (tertiary/aromatic N) is 2. The quantitative estimate of drug-likeness (QED) is 0.103. The molecule has 0 saturated heterocycles. The number of anilines is 2. The molecule has 1 aliphatic heterocycles. The van der Waals surface area contributed by atoms with Crippen LogP contribution in [0.1, 0.15) is 33.2 Å². The van der Waals surface area contributed by atoms with Gasteiger partial charge in [-0.05, 0) is 65.7 Å². The van der Waals surface area contributed by atoms with Crippen molar-refractivity contribution in [2.75, 3.05) is 10.3 Å². The van der Waals surface area contributed by atoms with Crippen molar-refractivity contribution in [1.82, 2.24) is 10.6 Å². The summed E-state index contributed by atoms with van der Waals surface area (Å²) in [5, 5.41) is 13.8. The molecule has 248 valence electrons. The Morgan fingerprint density at radius 2 is 1.44 bits per heavy atom. The Morgan fingerprint density at radius 3 is 2.16 bits per heavy atom. The minimum Gasteiger partial charge on any atom is -0.321 e. The summed E-state index contributed by atoms with van der Waals surface area (Å²) in [6.07, 6.45) is 1.47. The van der Waals surface area contributed by atoms with E-state index < -0.39 is 17.1 Å². The lowest BCUT2D eigenvalue weighted by Gasteiger charge is -2.17. The number of hydrogen-bond donors (Lipinski definition) is 3. The van der Waals surface area contributed by atoms with Crippen LogP contribution in [0, 0.1) is 0 Å². The normalized spacial score (nSPS) is 13.3. The first-order valence-electron chi connectivity index (χ1n) is 15.6. The van der Waals surface area contributed by atoms with E-state index in [1.54, 1.807) is 84.9 Å². The van der Waals surface area contributed by atoms with Crippen LogP contribution < -0.4 is 21.0 Å². The highest BCUT2D eigenvalue weighted by Gasteiger charge is 2.29. The molecule has 1 heterocycles. The van der Waals surface area contributed by atoms with Crippen molar-refractivity contribution >= 4 is 70.3 Å². The lowest BCUT2D eigenvalue weighted by molar-refractivity contribution is -0.119. The molecule has 1 atom stereocenters. The number of hydrogen-bond acceptors (Lipinski definition) is 6. The first kappa shape index (κ1) is 33.9. The van der Waals surface area contributed by atoms with E-state index in [-0.39, 0.29) is 29.8 Å². The lowest BCUT2D eigenvalue weighted by atomic mass is 10.1. The van der Waals surface area contributed by atoms with E-state index in [2.05, 4.69) is 21.1 Å². The van der Waals surface area contributed by atoms with E-state index in [9.17, 15) is 19.2 Å². The summed E-state index contributed by atoms with van der Waals surface area (Å²) >= 11 is 7.65. The van der Waals surface area contributed by atoms with E-state index in [4.69, 9.17) is 11.6 Å². The Labute approximate surface area is 298 Å². The van der Waals surface area contributed by atoms with Gasteiger partial charge in [0.15, 0.2) is 0 Å². The molecule has 0 spiro atoms. The van der Waals surface area contributed by atoms with E-state index in [1.807, 2.05) is 54.6 Å². The number of halogens is 1. The van der Waals surface area contributed by atoms with Crippen molar-refractivity contribution in [3.8, 4) is 0 Å². The summed E-state index contributed by atoms with van der Waals surface area (Å²) in [6, 6.07) is 40.8. The van der Waals surface area contributed by atoms with Gasteiger partial charge < -0.3 is 16.0 Å². The van der Waals surface area contributed by atoms with Crippen molar-refractivity contribution in [2.24, 2.45) is 5.10 Å². The number of thioether (sulfide) groups is 1. The van der Waals surface area contributed by atoms with Crippen molar-refractivity contribution in [1.29, 1.82) is 0 Å². The van der Waals surface area contributed by atoms with Gasteiger partial charge in [-0.25, -0.2) is 0 Å². The third kappa shape index (κ3) is 8.54. The zero-order valence-electron chi connectivity index (χ0n) is 26.5. The van der Waals surface area contributed by atoms with Crippen LogP contribution >= 0.6 is 23.4 Å².